The van der Waals surface area contributed by atoms with Crippen LogP contribution in [0.15, 0.2) is 18.2 Å². The number of hydrogen-bond acceptors (Lipinski definition) is 0. The first-order chi connectivity index (χ1) is 8.58. The van der Waals surface area contributed by atoms with Crippen LogP contribution >= 0.6 is 15.9 Å². The zero-order chi connectivity index (χ0) is 13.5. The quantitative estimate of drug-likeness (QED) is 0.556. The molecule has 1 rings (SSSR count). The van der Waals surface area contributed by atoms with Crippen molar-refractivity contribution in [3.05, 3.63) is 34.9 Å². The molecule has 1 aromatic rings. The van der Waals surface area contributed by atoms with Crippen LogP contribution in [0, 0.1) is 19.8 Å². The Labute approximate surface area is 121 Å². The second-order valence-electron chi connectivity index (χ2n) is 5.48. The number of halogens is 1. The van der Waals surface area contributed by atoms with Crippen molar-refractivity contribution in [1.29, 1.82) is 0 Å². The molecule has 1 atom stereocenters. The Balaban J connectivity index is 2.66. The molecular weight excluding hydrogens is 284 g/mol. The molecule has 0 saturated carbocycles. The van der Waals surface area contributed by atoms with Gasteiger partial charge in [0.25, 0.3) is 0 Å². The predicted molar refractivity (Wildman–Crippen MR) is 85.6 cm³/mol. The Morgan fingerprint density at radius 3 is 2.11 bits per heavy atom. The van der Waals surface area contributed by atoms with Crippen molar-refractivity contribution >= 4 is 15.9 Å². The number of alkyl halides is 1. The third-order valence-electron chi connectivity index (χ3n) is 3.83. The molecule has 0 N–H and O–H groups in total. The first-order valence-corrected chi connectivity index (χ1v) is 8.20. The Kier molecular flexibility index (Phi) is 6.99. The van der Waals surface area contributed by atoms with Gasteiger partial charge in [0.2, 0.25) is 0 Å². The molecule has 0 aliphatic heterocycles. The zero-order valence-electron chi connectivity index (χ0n) is 12.3. The summed E-state index contributed by atoms with van der Waals surface area (Å²) in [4.78, 5) is 0.625. The van der Waals surface area contributed by atoms with Crippen LogP contribution in [0.5, 0.6) is 0 Å². The lowest BCUT2D eigenvalue weighted by atomic mass is 9.91. The van der Waals surface area contributed by atoms with Gasteiger partial charge in [-0.25, -0.2) is 0 Å². The van der Waals surface area contributed by atoms with Crippen molar-refractivity contribution in [1.82, 2.24) is 0 Å². The molecule has 0 amide bonds. The topological polar surface area (TPSA) is 0 Å². The lowest BCUT2D eigenvalue weighted by molar-refractivity contribution is 0.427. The molecule has 0 nitrogen and oxygen atoms in total. The molecule has 1 aromatic carbocycles. The molecular formula is C17H27Br. The Morgan fingerprint density at radius 1 is 1.00 bits per heavy atom. The van der Waals surface area contributed by atoms with Crippen molar-refractivity contribution in [3.8, 4) is 0 Å². The number of rotatable bonds is 7. The van der Waals surface area contributed by atoms with E-state index in [0.29, 0.717) is 4.83 Å². The molecule has 0 fully saturated rings. The first kappa shape index (κ1) is 15.8. The fourth-order valence-electron chi connectivity index (χ4n) is 2.57. The van der Waals surface area contributed by atoms with E-state index in [9.17, 15) is 0 Å². The molecule has 0 saturated heterocycles. The molecule has 102 valence electrons. The van der Waals surface area contributed by atoms with Crippen LogP contribution < -0.4 is 0 Å². The molecule has 0 aromatic heterocycles. The maximum absolute atomic E-state index is 3.93. The molecule has 0 radical (unpaired) electrons. The first-order valence-electron chi connectivity index (χ1n) is 7.28. The Bertz CT molecular complexity index is 351. The minimum atomic E-state index is 0.625. The minimum Gasteiger partial charge on any atom is -0.0884 e. The van der Waals surface area contributed by atoms with E-state index in [2.05, 4.69) is 61.8 Å². The highest BCUT2D eigenvalue weighted by Gasteiger charge is 2.17. The van der Waals surface area contributed by atoms with E-state index in [-0.39, 0.29) is 0 Å². The van der Waals surface area contributed by atoms with Crippen LogP contribution in [-0.4, -0.2) is 4.83 Å². The lowest BCUT2D eigenvalue weighted by Gasteiger charge is -2.22. The van der Waals surface area contributed by atoms with Crippen LogP contribution in [0.4, 0.5) is 0 Å². The Morgan fingerprint density at radius 2 is 1.61 bits per heavy atom. The number of aryl methyl sites for hydroxylation is 2. The van der Waals surface area contributed by atoms with E-state index in [0.717, 1.165) is 12.3 Å². The van der Waals surface area contributed by atoms with Crippen molar-refractivity contribution in [2.75, 3.05) is 0 Å². The second-order valence-corrected chi connectivity index (χ2v) is 6.65. The van der Waals surface area contributed by atoms with Gasteiger partial charge in [-0.3, -0.25) is 0 Å². The highest BCUT2D eigenvalue weighted by Crippen LogP contribution is 2.27. The van der Waals surface area contributed by atoms with Gasteiger partial charge in [0.05, 0.1) is 0 Å². The van der Waals surface area contributed by atoms with Crippen molar-refractivity contribution < 1.29 is 0 Å². The summed E-state index contributed by atoms with van der Waals surface area (Å²) < 4.78 is 0. The molecule has 18 heavy (non-hydrogen) atoms. The highest BCUT2D eigenvalue weighted by molar-refractivity contribution is 9.09. The summed E-state index contributed by atoms with van der Waals surface area (Å²) in [6.45, 7) is 8.97. The molecule has 0 heterocycles. The monoisotopic (exact) mass is 310 g/mol. The van der Waals surface area contributed by atoms with Crippen LogP contribution in [0.25, 0.3) is 0 Å². The van der Waals surface area contributed by atoms with Crippen molar-refractivity contribution in [2.24, 2.45) is 5.92 Å². The minimum absolute atomic E-state index is 0.625. The zero-order valence-corrected chi connectivity index (χ0v) is 13.9. The largest absolute Gasteiger partial charge is 0.0884 e. The maximum Gasteiger partial charge on any atom is 0.0214 e. The van der Waals surface area contributed by atoms with Gasteiger partial charge in [0.1, 0.15) is 0 Å². The maximum atomic E-state index is 3.93. The summed E-state index contributed by atoms with van der Waals surface area (Å²) in [6, 6.07) is 6.88. The fourth-order valence-corrected chi connectivity index (χ4v) is 3.47. The summed E-state index contributed by atoms with van der Waals surface area (Å²) in [5.74, 6) is 0.821. The average Bonchev–Trinajstić information content (AvgIpc) is 2.33. The smallest absolute Gasteiger partial charge is 0.0214 e. The summed E-state index contributed by atoms with van der Waals surface area (Å²) in [6.07, 6.45) is 6.42. The predicted octanol–water partition coefficient (Wildman–Crippen LogP) is 5.83. The van der Waals surface area contributed by atoms with E-state index < -0.39 is 0 Å². The van der Waals surface area contributed by atoms with Crippen molar-refractivity contribution in [2.45, 2.75) is 64.6 Å². The summed E-state index contributed by atoms with van der Waals surface area (Å²) in [5, 5.41) is 0. The van der Waals surface area contributed by atoms with E-state index in [4.69, 9.17) is 0 Å². The van der Waals surface area contributed by atoms with Crippen LogP contribution in [0.2, 0.25) is 0 Å². The van der Waals surface area contributed by atoms with E-state index in [1.807, 2.05) is 0 Å². The molecule has 0 aliphatic rings. The van der Waals surface area contributed by atoms with Gasteiger partial charge >= 0.3 is 0 Å². The van der Waals surface area contributed by atoms with Gasteiger partial charge in [-0.15, -0.1) is 0 Å². The van der Waals surface area contributed by atoms with Crippen molar-refractivity contribution in [3.63, 3.8) is 0 Å². The van der Waals surface area contributed by atoms with Gasteiger partial charge < -0.3 is 0 Å². The van der Waals surface area contributed by atoms with E-state index in [1.165, 1.54) is 42.4 Å². The summed E-state index contributed by atoms with van der Waals surface area (Å²) in [7, 11) is 0. The molecule has 0 spiro atoms. The third-order valence-corrected chi connectivity index (χ3v) is 4.90. The average molecular weight is 311 g/mol. The van der Waals surface area contributed by atoms with Gasteiger partial charge in [-0.2, -0.15) is 0 Å². The van der Waals surface area contributed by atoms with E-state index >= 15 is 0 Å². The third kappa shape index (κ3) is 4.76. The van der Waals surface area contributed by atoms with Crippen LogP contribution in [0.1, 0.15) is 56.2 Å². The normalized spacial score (nSPS) is 13.0. The number of benzene rings is 1. The molecule has 0 bridgehead atoms. The standard InChI is InChI=1S/C17H27Br/c1-5-7-16(8-6-2)17(18)12-15-10-9-13(3)14(4)11-15/h9-11,16-17H,5-8,12H2,1-4H3. The lowest BCUT2D eigenvalue weighted by Crippen LogP contribution is -2.17. The highest BCUT2D eigenvalue weighted by atomic mass is 79.9. The number of hydrogen-bond donors (Lipinski definition) is 0. The van der Waals surface area contributed by atoms with Gasteiger partial charge in [-0.05, 0) is 55.7 Å². The SMILES string of the molecule is CCCC(CCC)C(Br)Cc1ccc(C)c(C)c1. The molecule has 0 aliphatic carbocycles. The van der Waals surface area contributed by atoms with Gasteiger partial charge in [0, 0.05) is 4.83 Å². The van der Waals surface area contributed by atoms with Crippen LogP contribution in [0.3, 0.4) is 0 Å². The van der Waals surface area contributed by atoms with Gasteiger partial charge in [-0.1, -0.05) is 60.8 Å². The fraction of sp³-hybridized carbons (Fsp3) is 0.647. The Hall–Kier alpha value is -0.300. The van der Waals surface area contributed by atoms with Crippen LogP contribution in [-0.2, 0) is 6.42 Å². The van der Waals surface area contributed by atoms with Gasteiger partial charge in [0.15, 0.2) is 0 Å². The second kappa shape index (κ2) is 7.99. The summed E-state index contributed by atoms with van der Waals surface area (Å²) >= 11 is 3.93. The van der Waals surface area contributed by atoms with E-state index in [1.54, 1.807) is 0 Å². The molecule has 1 heteroatoms. The molecule has 1 unspecified atom stereocenters. The summed E-state index contributed by atoms with van der Waals surface area (Å²) in [5.41, 5.74) is 4.27.